The van der Waals surface area contributed by atoms with Crippen molar-refractivity contribution >= 4 is 23.1 Å². The number of hydrogen-bond donors (Lipinski definition) is 0. The predicted octanol–water partition coefficient (Wildman–Crippen LogP) is 6.18. The first-order chi connectivity index (χ1) is 17.9. The van der Waals surface area contributed by atoms with Crippen LogP contribution in [-0.4, -0.2) is 16.7 Å². The Kier molecular flexibility index (Phi) is 6.80. The third-order valence-electron chi connectivity index (χ3n) is 7.82. The Morgan fingerprint density at radius 1 is 0.459 bits per heavy atom. The largest absolute Gasteiger partial charge is 0.264 e. The number of aromatic nitrogens is 2. The van der Waals surface area contributed by atoms with Crippen molar-refractivity contribution in [1.29, 1.82) is 0 Å². The molecule has 0 spiro atoms. The normalized spacial score (nSPS) is 11.0. The molecule has 0 saturated carbocycles. The second-order valence-corrected chi connectivity index (χ2v) is 10.2. The van der Waals surface area contributed by atoms with Crippen molar-refractivity contribution in [3.05, 3.63) is 125 Å². The molecule has 2 nitrogen and oxygen atoms in total. The Morgan fingerprint density at radius 3 is 1.30 bits per heavy atom. The van der Waals surface area contributed by atoms with Crippen LogP contribution in [0, 0.1) is 41.5 Å². The second-order valence-electron chi connectivity index (χ2n) is 10.2. The van der Waals surface area contributed by atoms with Crippen LogP contribution in [0.2, 0.25) is 0 Å². The van der Waals surface area contributed by atoms with E-state index in [9.17, 15) is 0 Å². The van der Waals surface area contributed by atoms with Gasteiger partial charge in [0.05, 0.1) is 0 Å². The first kappa shape index (κ1) is 24.7. The quantitative estimate of drug-likeness (QED) is 0.281. The van der Waals surface area contributed by atoms with E-state index in [1.807, 2.05) is 36.9 Å². The zero-order valence-corrected chi connectivity index (χ0v) is 22.6. The van der Waals surface area contributed by atoms with Crippen LogP contribution in [0.25, 0.3) is 22.3 Å². The van der Waals surface area contributed by atoms with Crippen LogP contribution >= 0.6 is 0 Å². The van der Waals surface area contributed by atoms with E-state index in [2.05, 4.69) is 106 Å². The highest BCUT2D eigenvalue weighted by Crippen LogP contribution is 2.26. The summed E-state index contributed by atoms with van der Waals surface area (Å²) < 4.78 is 0. The fraction of sp³-hybridized carbons (Fsp3) is 0.176. The smallest absolute Gasteiger partial charge is 0.243 e. The molecule has 0 radical (unpaired) electrons. The van der Waals surface area contributed by atoms with E-state index >= 15 is 0 Å². The van der Waals surface area contributed by atoms with Gasteiger partial charge in [0.1, 0.15) is 0 Å². The SMILES string of the molecule is Cc1cccc(C)c1B(c1c(C)ccc(-c2cccnc2)c1C)c1c(C)ccc(-c2cccnc2)c1C. The molecule has 0 unspecified atom stereocenters. The van der Waals surface area contributed by atoms with Crippen molar-refractivity contribution in [2.75, 3.05) is 0 Å². The Morgan fingerprint density at radius 2 is 0.892 bits per heavy atom. The van der Waals surface area contributed by atoms with E-state index in [4.69, 9.17) is 0 Å². The Balaban J connectivity index is 1.86. The molecule has 0 aliphatic carbocycles. The molecule has 3 heteroatoms. The Bertz CT molecular complexity index is 1460. The van der Waals surface area contributed by atoms with E-state index in [0.717, 1.165) is 11.1 Å². The molecular weight excluding hydrogens is 447 g/mol. The summed E-state index contributed by atoms with van der Waals surface area (Å²) in [5, 5.41) is 0. The molecule has 0 bridgehead atoms. The van der Waals surface area contributed by atoms with Gasteiger partial charge >= 0.3 is 0 Å². The number of benzene rings is 3. The number of nitrogens with zero attached hydrogens (tertiary/aromatic N) is 2. The molecule has 5 rings (SSSR count). The van der Waals surface area contributed by atoms with Gasteiger partial charge in [-0.3, -0.25) is 9.97 Å². The molecule has 0 saturated heterocycles. The summed E-state index contributed by atoms with van der Waals surface area (Å²) in [7, 11) is 0. The maximum Gasteiger partial charge on any atom is 0.243 e. The van der Waals surface area contributed by atoms with Gasteiger partial charge in [-0.2, -0.15) is 0 Å². The molecule has 0 atom stereocenters. The van der Waals surface area contributed by atoms with Gasteiger partial charge in [0.15, 0.2) is 0 Å². The van der Waals surface area contributed by atoms with Gasteiger partial charge in [0, 0.05) is 35.9 Å². The van der Waals surface area contributed by atoms with Gasteiger partial charge in [0.2, 0.25) is 6.71 Å². The van der Waals surface area contributed by atoms with Crippen molar-refractivity contribution in [2.45, 2.75) is 41.5 Å². The second kappa shape index (κ2) is 10.2. The minimum atomic E-state index is 0.106. The van der Waals surface area contributed by atoms with Crippen LogP contribution in [0.3, 0.4) is 0 Å². The van der Waals surface area contributed by atoms with Gasteiger partial charge in [-0.15, -0.1) is 0 Å². The summed E-state index contributed by atoms with van der Waals surface area (Å²) in [4.78, 5) is 8.82. The van der Waals surface area contributed by atoms with Crippen LogP contribution in [0.4, 0.5) is 0 Å². The highest BCUT2D eigenvalue weighted by Gasteiger charge is 2.32. The molecule has 3 aromatic carbocycles. The van der Waals surface area contributed by atoms with E-state index in [1.54, 1.807) is 0 Å². The molecule has 2 heterocycles. The van der Waals surface area contributed by atoms with Crippen molar-refractivity contribution < 1.29 is 0 Å². The van der Waals surface area contributed by atoms with Crippen LogP contribution in [0.15, 0.2) is 91.5 Å². The zero-order valence-electron chi connectivity index (χ0n) is 22.6. The minimum absolute atomic E-state index is 0.106. The molecule has 37 heavy (non-hydrogen) atoms. The fourth-order valence-electron chi connectivity index (χ4n) is 6.00. The van der Waals surface area contributed by atoms with E-state index in [0.29, 0.717) is 0 Å². The number of rotatable bonds is 5. The molecule has 182 valence electrons. The lowest BCUT2D eigenvalue weighted by Crippen LogP contribution is -2.57. The van der Waals surface area contributed by atoms with Crippen molar-refractivity contribution in [3.63, 3.8) is 0 Å². The molecule has 0 N–H and O–H groups in total. The summed E-state index contributed by atoms with van der Waals surface area (Å²) in [6.45, 7) is 13.7. The summed E-state index contributed by atoms with van der Waals surface area (Å²) >= 11 is 0. The average molecular weight is 480 g/mol. The van der Waals surface area contributed by atoms with Crippen LogP contribution in [-0.2, 0) is 0 Å². The maximum absolute atomic E-state index is 4.41. The van der Waals surface area contributed by atoms with Crippen LogP contribution < -0.4 is 16.4 Å². The standard InChI is InChI=1S/C34H33BN2/c1-22-10-7-11-23(2)32(22)35(33-24(3)14-16-30(26(33)5)28-12-8-18-36-20-28)34-25(4)15-17-31(27(34)6)29-13-9-19-37-21-29/h7-21H,1-6H3. The molecule has 0 fully saturated rings. The highest BCUT2D eigenvalue weighted by molar-refractivity contribution is 6.97. The first-order valence-corrected chi connectivity index (χ1v) is 13.0. The van der Waals surface area contributed by atoms with E-state index < -0.39 is 0 Å². The van der Waals surface area contributed by atoms with E-state index in [1.165, 1.54) is 60.9 Å². The molecule has 0 aliphatic heterocycles. The van der Waals surface area contributed by atoms with Gasteiger partial charge < -0.3 is 0 Å². The summed E-state index contributed by atoms with van der Waals surface area (Å²) in [6, 6.07) is 24.1. The summed E-state index contributed by atoms with van der Waals surface area (Å²) in [5.74, 6) is 0. The number of pyridine rings is 2. The fourth-order valence-corrected chi connectivity index (χ4v) is 6.00. The highest BCUT2D eigenvalue weighted by atomic mass is 14.6. The Labute approximate surface area is 221 Å². The topological polar surface area (TPSA) is 25.8 Å². The van der Waals surface area contributed by atoms with Gasteiger partial charge in [-0.25, -0.2) is 0 Å². The van der Waals surface area contributed by atoms with Gasteiger partial charge in [-0.05, 0) is 75.9 Å². The predicted molar refractivity (Wildman–Crippen MR) is 159 cm³/mol. The third-order valence-corrected chi connectivity index (χ3v) is 7.82. The van der Waals surface area contributed by atoms with Crippen LogP contribution in [0.1, 0.15) is 33.4 Å². The van der Waals surface area contributed by atoms with E-state index in [-0.39, 0.29) is 6.71 Å². The minimum Gasteiger partial charge on any atom is -0.264 e. The summed E-state index contributed by atoms with van der Waals surface area (Å²) in [6.07, 6.45) is 7.61. The van der Waals surface area contributed by atoms with Crippen molar-refractivity contribution in [2.24, 2.45) is 0 Å². The first-order valence-electron chi connectivity index (χ1n) is 13.0. The lowest BCUT2D eigenvalue weighted by atomic mass is 9.32. The number of hydrogen-bond acceptors (Lipinski definition) is 2. The Hall–Kier alpha value is -3.98. The third kappa shape index (κ3) is 4.51. The maximum atomic E-state index is 4.41. The molecular formula is C34H33BN2. The van der Waals surface area contributed by atoms with Crippen LogP contribution in [0.5, 0.6) is 0 Å². The molecule has 0 aliphatic rings. The monoisotopic (exact) mass is 480 g/mol. The zero-order chi connectivity index (χ0) is 26.1. The molecule has 0 amide bonds. The van der Waals surface area contributed by atoms with Gasteiger partial charge in [-0.1, -0.05) is 93.2 Å². The number of aryl methyl sites for hydroxylation is 4. The summed E-state index contributed by atoms with van der Waals surface area (Å²) in [5.41, 5.74) is 16.8. The average Bonchev–Trinajstić information content (AvgIpc) is 2.89. The molecule has 2 aromatic heterocycles. The molecule has 5 aromatic rings. The lowest BCUT2D eigenvalue weighted by Gasteiger charge is -2.28. The lowest BCUT2D eigenvalue weighted by molar-refractivity contribution is 1.31. The van der Waals surface area contributed by atoms with Crippen molar-refractivity contribution in [3.8, 4) is 22.3 Å². The van der Waals surface area contributed by atoms with Crippen molar-refractivity contribution in [1.82, 2.24) is 9.97 Å². The van der Waals surface area contributed by atoms with Gasteiger partial charge in [0.25, 0.3) is 0 Å².